The first-order chi connectivity index (χ1) is 12.0. The van der Waals surface area contributed by atoms with Crippen molar-refractivity contribution in [2.45, 2.75) is 20.8 Å². The number of carbonyl (C=O) groups excluding carboxylic acids is 2. The highest BCUT2D eigenvalue weighted by molar-refractivity contribution is 5.93. The van der Waals surface area contributed by atoms with Gasteiger partial charge in [-0.1, -0.05) is 17.7 Å². The molecule has 0 aliphatic carbocycles. The molecule has 26 heavy (non-hydrogen) atoms. The van der Waals surface area contributed by atoms with Gasteiger partial charge in [-0.25, -0.2) is 4.79 Å². The van der Waals surface area contributed by atoms with E-state index in [2.05, 4.69) is 10.3 Å². The molecule has 140 valence electrons. The number of aryl methyl sites for hydroxylation is 3. The highest BCUT2D eigenvalue weighted by Gasteiger charge is 2.10. The van der Waals surface area contributed by atoms with Crippen LogP contribution in [0.5, 0.6) is 5.75 Å². The predicted molar refractivity (Wildman–Crippen MR) is 101 cm³/mol. The Labute approximate surface area is 159 Å². The Morgan fingerprint density at radius 3 is 2.31 bits per heavy atom. The molecule has 0 unspecified atom stereocenters. The van der Waals surface area contributed by atoms with Crippen LogP contribution in [-0.4, -0.2) is 36.6 Å². The second kappa shape index (κ2) is 10.4. The van der Waals surface area contributed by atoms with Gasteiger partial charge in [0.15, 0.2) is 6.61 Å². The number of hydrogen-bond donors (Lipinski definition) is 1. The van der Waals surface area contributed by atoms with E-state index in [4.69, 9.17) is 9.47 Å². The Morgan fingerprint density at radius 1 is 1.08 bits per heavy atom. The number of hydrogen-bond acceptors (Lipinski definition) is 5. The Kier molecular flexibility index (Phi) is 8.58. The SMILES string of the molecule is Cc1cc(C)c(OCC(=O)OCCNC(=O)c2ccncc2)c(C)c1.Cl. The van der Waals surface area contributed by atoms with Gasteiger partial charge in [0.2, 0.25) is 0 Å². The second-order valence-electron chi connectivity index (χ2n) is 5.73. The van der Waals surface area contributed by atoms with Crippen molar-refractivity contribution in [3.63, 3.8) is 0 Å². The minimum atomic E-state index is -0.475. The van der Waals surface area contributed by atoms with Crippen LogP contribution in [-0.2, 0) is 9.53 Å². The summed E-state index contributed by atoms with van der Waals surface area (Å²) in [5.74, 6) is -0.00770. The topological polar surface area (TPSA) is 77.5 Å². The van der Waals surface area contributed by atoms with E-state index in [0.717, 1.165) is 16.7 Å². The van der Waals surface area contributed by atoms with Gasteiger partial charge in [-0.15, -0.1) is 12.4 Å². The fourth-order valence-electron chi connectivity index (χ4n) is 2.50. The number of aromatic nitrogens is 1. The van der Waals surface area contributed by atoms with Crippen LogP contribution in [0, 0.1) is 20.8 Å². The van der Waals surface area contributed by atoms with E-state index in [1.807, 2.05) is 32.9 Å². The van der Waals surface area contributed by atoms with E-state index in [0.29, 0.717) is 11.3 Å². The van der Waals surface area contributed by atoms with Crippen LogP contribution in [0.15, 0.2) is 36.7 Å². The van der Waals surface area contributed by atoms with Gasteiger partial charge >= 0.3 is 5.97 Å². The molecule has 1 aromatic heterocycles. The van der Waals surface area contributed by atoms with Gasteiger partial charge < -0.3 is 14.8 Å². The third kappa shape index (κ3) is 6.37. The van der Waals surface area contributed by atoms with Crippen LogP contribution in [0.1, 0.15) is 27.0 Å². The third-order valence-electron chi connectivity index (χ3n) is 3.53. The first kappa shape index (κ1) is 21.4. The summed E-state index contributed by atoms with van der Waals surface area (Å²) in [6.45, 7) is 6.05. The summed E-state index contributed by atoms with van der Waals surface area (Å²) in [7, 11) is 0. The number of nitrogens with zero attached hydrogens (tertiary/aromatic N) is 1. The van der Waals surface area contributed by atoms with Crippen molar-refractivity contribution in [2.24, 2.45) is 0 Å². The van der Waals surface area contributed by atoms with Crippen LogP contribution in [0.3, 0.4) is 0 Å². The maximum absolute atomic E-state index is 11.8. The fraction of sp³-hybridized carbons (Fsp3) is 0.316. The summed E-state index contributed by atoms with van der Waals surface area (Å²) in [5, 5.41) is 2.67. The molecule has 0 bridgehead atoms. The molecule has 0 atom stereocenters. The van der Waals surface area contributed by atoms with Gasteiger partial charge in [0.05, 0.1) is 6.54 Å². The molecular weight excluding hydrogens is 356 g/mol. The first-order valence-electron chi connectivity index (χ1n) is 8.02. The number of ether oxygens (including phenoxy) is 2. The first-order valence-corrected chi connectivity index (χ1v) is 8.02. The minimum absolute atomic E-state index is 0. The maximum Gasteiger partial charge on any atom is 0.344 e. The summed E-state index contributed by atoms with van der Waals surface area (Å²) in [5.41, 5.74) is 3.62. The molecule has 1 amide bonds. The van der Waals surface area contributed by atoms with Crippen LogP contribution < -0.4 is 10.1 Å². The molecule has 6 nitrogen and oxygen atoms in total. The molecule has 0 radical (unpaired) electrons. The summed E-state index contributed by atoms with van der Waals surface area (Å²) in [6.07, 6.45) is 3.09. The van der Waals surface area contributed by atoms with E-state index in [-0.39, 0.29) is 38.1 Å². The normalized spacial score (nSPS) is 9.81. The highest BCUT2D eigenvalue weighted by atomic mass is 35.5. The molecule has 1 aromatic carbocycles. The van der Waals surface area contributed by atoms with Crippen LogP contribution >= 0.6 is 12.4 Å². The van der Waals surface area contributed by atoms with E-state index in [1.165, 1.54) is 0 Å². The number of esters is 1. The molecule has 2 aromatic rings. The Bertz CT molecular complexity index is 727. The van der Waals surface area contributed by atoms with Crippen molar-refractivity contribution in [2.75, 3.05) is 19.8 Å². The second-order valence-corrected chi connectivity index (χ2v) is 5.73. The smallest absolute Gasteiger partial charge is 0.344 e. The zero-order chi connectivity index (χ0) is 18.2. The van der Waals surface area contributed by atoms with Crippen molar-refractivity contribution in [1.82, 2.24) is 10.3 Å². The average molecular weight is 379 g/mol. The Balaban J connectivity index is 0.00000338. The van der Waals surface area contributed by atoms with Crippen molar-refractivity contribution < 1.29 is 19.1 Å². The average Bonchev–Trinajstić information content (AvgIpc) is 2.58. The van der Waals surface area contributed by atoms with Gasteiger partial charge in [-0.05, 0) is 44.0 Å². The fourth-order valence-corrected chi connectivity index (χ4v) is 2.50. The number of benzene rings is 1. The standard InChI is InChI=1S/C19H22N2O4.ClH/c1-13-10-14(2)18(15(3)11-13)25-12-17(22)24-9-8-21-19(23)16-4-6-20-7-5-16;/h4-7,10-11H,8-9,12H2,1-3H3,(H,21,23);1H. The third-order valence-corrected chi connectivity index (χ3v) is 3.53. The molecule has 0 saturated heterocycles. The zero-order valence-corrected chi connectivity index (χ0v) is 15.9. The van der Waals surface area contributed by atoms with Crippen LogP contribution in [0.25, 0.3) is 0 Å². The number of rotatable bonds is 7. The van der Waals surface area contributed by atoms with Crippen molar-refractivity contribution in [1.29, 1.82) is 0 Å². The summed E-state index contributed by atoms with van der Waals surface area (Å²) >= 11 is 0. The van der Waals surface area contributed by atoms with E-state index >= 15 is 0 Å². The van der Waals surface area contributed by atoms with E-state index in [9.17, 15) is 9.59 Å². The number of halogens is 1. The Hall–Kier alpha value is -2.60. The van der Waals surface area contributed by atoms with Crippen molar-refractivity contribution in [3.05, 3.63) is 58.9 Å². The summed E-state index contributed by atoms with van der Waals surface area (Å²) in [4.78, 5) is 27.4. The van der Waals surface area contributed by atoms with Gasteiger partial charge in [0, 0.05) is 18.0 Å². The molecule has 1 N–H and O–H groups in total. The molecule has 0 saturated carbocycles. The number of amides is 1. The lowest BCUT2D eigenvalue weighted by Gasteiger charge is -2.13. The predicted octanol–water partition coefficient (Wildman–Crippen LogP) is 2.78. The molecule has 0 aliphatic rings. The van der Waals surface area contributed by atoms with E-state index < -0.39 is 5.97 Å². The largest absolute Gasteiger partial charge is 0.481 e. The number of nitrogens with one attached hydrogen (secondary N) is 1. The number of pyridine rings is 1. The molecule has 1 heterocycles. The molecular formula is C19H23ClN2O4. The van der Waals surface area contributed by atoms with Gasteiger partial charge in [-0.2, -0.15) is 0 Å². The monoisotopic (exact) mass is 378 g/mol. The highest BCUT2D eigenvalue weighted by Crippen LogP contribution is 2.24. The van der Waals surface area contributed by atoms with Crippen molar-refractivity contribution >= 4 is 24.3 Å². The summed E-state index contributed by atoms with van der Waals surface area (Å²) in [6, 6.07) is 7.23. The van der Waals surface area contributed by atoms with Crippen LogP contribution in [0.2, 0.25) is 0 Å². The minimum Gasteiger partial charge on any atom is -0.481 e. The molecule has 0 spiro atoms. The lowest BCUT2D eigenvalue weighted by Crippen LogP contribution is -2.28. The lowest BCUT2D eigenvalue weighted by molar-refractivity contribution is -0.145. The Morgan fingerprint density at radius 2 is 1.69 bits per heavy atom. The van der Waals surface area contributed by atoms with E-state index in [1.54, 1.807) is 24.5 Å². The zero-order valence-electron chi connectivity index (χ0n) is 15.1. The summed E-state index contributed by atoms with van der Waals surface area (Å²) < 4.78 is 10.6. The molecule has 0 aliphatic heterocycles. The van der Waals surface area contributed by atoms with Gasteiger partial charge in [0.25, 0.3) is 5.91 Å². The molecule has 0 fully saturated rings. The lowest BCUT2D eigenvalue weighted by atomic mass is 10.1. The van der Waals surface area contributed by atoms with Gasteiger partial charge in [0.1, 0.15) is 12.4 Å². The molecule has 7 heteroatoms. The molecule has 2 rings (SSSR count). The van der Waals surface area contributed by atoms with Crippen LogP contribution in [0.4, 0.5) is 0 Å². The number of carbonyl (C=O) groups is 2. The van der Waals surface area contributed by atoms with Crippen molar-refractivity contribution in [3.8, 4) is 5.75 Å². The van der Waals surface area contributed by atoms with Gasteiger partial charge in [-0.3, -0.25) is 9.78 Å². The maximum atomic E-state index is 11.8. The quantitative estimate of drug-likeness (QED) is 0.592.